The lowest BCUT2D eigenvalue weighted by Gasteiger charge is -2.26. The molecule has 0 unspecified atom stereocenters. The molecule has 0 radical (unpaired) electrons. The third-order valence-electron chi connectivity index (χ3n) is 4.02. The van der Waals surface area contributed by atoms with Gasteiger partial charge >= 0.3 is 6.09 Å². The predicted octanol–water partition coefficient (Wildman–Crippen LogP) is 2.88. The third-order valence-corrected chi connectivity index (χ3v) is 4.02. The lowest BCUT2D eigenvalue weighted by molar-refractivity contribution is 0.149. The Kier molecular flexibility index (Phi) is 4.66. The van der Waals surface area contributed by atoms with E-state index >= 15 is 0 Å². The Morgan fingerprint density at radius 3 is 2.65 bits per heavy atom. The third kappa shape index (κ3) is 3.94. The SMILES string of the molecule is O=C(O)N1CC=C(C2=CC=C(OCc3ccccc3)NC2)CC1. The molecule has 0 bridgehead atoms. The standard InChI is InChI=1S/C18H20N2O3/c21-18(22)20-10-8-15(9-11-20)16-6-7-17(19-12-16)23-13-14-4-2-1-3-5-14/h1-8,19H,9-13H2,(H,21,22). The monoisotopic (exact) mass is 312 g/mol. The Morgan fingerprint density at radius 1 is 1.22 bits per heavy atom. The summed E-state index contributed by atoms with van der Waals surface area (Å²) in [7, 11) is 0. The zero-order valence-electron chi connectivity index (χ0n) is 12.9. The summed E-state index contributed by atoms with van der Waals surface area (Å²) in [6.07, 6.45) is 5.89. The average molecular weight is 312 g/mol. The molecule has 3 rings (SSSR count). The summed E-state index contributed by atoms with van der Waals surface area (Å²) < 4.78 is 5.75. The number of hydrogen-bond donors (Lipinski definition) is 2. The first-order valence-electron chi connectivity index (χ1n) is 7.71. The maximum absolute atomic E-state index is 10.9. The maximum atomic E-state index is 10.9. The van der Waals surface area contributed by atoms with E-state index < -0.39 is 6.09 Å². The van der Waals surface area contributed by atoms with Gasteiger partial charge in [-0.15, -0.1) is 0 Å². The number of rotatable bonds is 4. The van der Waals surface area contributed by atoms with Crippen molar-refractivity contribution in [2.75, 3.05) is 19.6 Å². The smallest absolute Gasteiger partial charge is 0.407 e. The molecule has 0 aliphatic carbocycles. The number of ether oxygens (including phenoxy) is 1. The number of dihydropyridines is 1. The fraction of sp³-hybridized carbons (Fsp3) is 0.278. The van der Waals surface area contributed by atoms with E-state index in [9.17, 15) is 4.79 Å². The van der Waals surface area contributed by atoms with Gasteiger partial charge in [0, 0.05) is 19.6 Å². The molecular weight excluding hydrogens is 292 g/mol. The number of nitrogens with zero attached hydrogens (tertiary/aromatic N) is 1. The number of nitrogens with one attached hydrogen (secondary N) is 1. The topological polar surface area (TPSA) is 61.8 Å². The highest BCUT2D eigenvalue weighted by Gasteiger charge is 2.18. The summed E-state index contributed by atoms with van der Waals surface area (Å²) >= 11 is 0. The molecule has 5 nitrogen and oxygen atoms in total. The van der Waals surface area contributed by atoms with Crippen LogP contribution in [0.3, 0.4) is 0 Å². The van der Waals surface area contributed by atoms with Gasteiger partial charge in [0.25, 0.3) is 0 Å². The molecule has 2 heterocycles. The zero-order chi connectivity index (χ0) is 16.1. The van der Waals surface area contributed by atoms with E-state index in [0.717, 1.165) is 17.9 Å². The lowest BCUT2D eigenvalue weighted by Crippen LogP contribution is -2.34. The first-order chi connectivity index (χ1) is 11.2. The van der Waals surface area contributed by atoms with Gasteiger partial charge in [0.1, 0.15) is 6.61 Å². The van der Waals surface area contributed by atoms with Crippen LogP contribution in [-0.4, -0.2) is 35.7 Å². The van der Waals surface area contributed by atoms with Crippen molar-refractivity contribution in [3.63, 3.8) is 0 Å². The first-order valence-corrected chi connectivity index (χ1v) is 7.71. The summed E-state index contributed by atoms with van der Waals surface area (Å²) in [6.45, 7) is 2.27. The number of amides is 1. The van der Waals surface area contributed by atoms with Gasteiger partial charge in [0.05, 0.1) is 0 Å². The number of carbonyl (C=O) groups is 1. The highest BCUT2D eigenvalue weighted by molar-refractivity contribution is 5.65. The zero-order valence-corrected chi connectivity index (χ0v) is 12.9. The van der Waals surface area contributed by atoms with E-state index in [2.05, 4.69) is 11.4 Å². The van der Waals surface area contributed by atoms with Crippen molar-refractivity contribution in [3.05, 3.63) is 71.2 Å². The molecule has 1 aromatic carbocycles. The molecule has 2 aliphatic heterocycles. The Bertz CT molecular complexity index is 662. The fourth-order valence-corrected chi connectivity index (χ4v) is 2.67. The van der Waals surface area contributed by atoms with Crippen molar-refractivity contribution in [1.82, 2.24) is 10.2 Å². The molecule has 0 atom stereocenters. The van der Waals surface area contributed by atoms with Gasteiger partial charge < -0.3 is 20.1 Å². The molecule has 0 saturated carbocycles. The summed E-state index contributed by atoms with van der Waals surface area (Å²) in [5, 5.41) is 12.2. The van der Waals surface area contributed by atoms with Gasteiger partial charge in [0.15, 0.2) is 5.88 Å². The molecule has 0 fully saturated rings. The normalized spacial score (nSPS) is 17.6. The van der Waals surface area contributed by atoms with E-state index in [1.165, 1.54) is 16.0 Å². The molecule has 1 aromatic rings. The number of carboxylic acid groups (broad SMARTS) is 1. The predicted molar refractivity (Wildman–Crippen MR) is 87.7 cm³/mol. The first kappa shape index (κ1) is 15.2. The van der Waals surface area contributed by atoms with Crippen molar-refractivity contribution < 1.29 is 14.6 Å². The molecule has 0 aromatic heterocycles. The van der Waals surface area contributed by atoms with Crippen LogP contribution in [0.1, 0.15) is 12.0 Å². The highest BCUT2D eigenvalue weighted by Crippen LogP contribution is 2.21. The van der Waals surface area contributed by atoms with Crippen LogP contribution in [0.5, 0.6) is 0 Å². The van der Waals surface area contributed by atoms with Crippen LogP contribution >= 0.6 is 0 Å². The van der Waals surface area contributed by atoms with Crippen LogP contribution in [0.4, 0.5) is 4.79 Å². The minimum atomic E-state index is -0.854. The molecule has 1 amide bonds. The van der Waals surface area contributed by atoms with Gasteiger partial charge in [-0.1, -0.05) is 42.5 Å². The van der Waals surface area contributed by atoms with Gasteiger partial charge in [-0.05, 0) is 29.2 Å². The molecule has 0 saturated heterocycles. The average Bonchev–Trinajstić information content (AvgIpc) is 2.61. The van der Waals surface area contributed by atoms with E-state index in [1.54, 1.807) is 0 Å². The maximum Gasteiger partial charge on any atom is 0.407 e. The van der Waals surface area contributed by atoms with E-state index in [1.807, 2.05) is 42.5 Å². The van der Waals surface area contributed by atoms with Crippen molar-refractivity contribution in [2.24, 2.45) is 0 Å². The van der Waals surface area contributed by atoms with Crippen LogP contribution in [0.2, 0.25) is 0 Å². The summed E-state index contributed by atoms with van der Waals surface area (Å²) in [5.74, 6) is 0.765. The quantitative estimate of drug-likeness (QED) is 0.897. The van der Waals surface area contributed by atoms with Crippen LogP contribution in [0, 0.1) is 0 Å². The molecule has 120 valence electrons. The van der Waals surface area contributed by atoms with Crippen molar-refractivity contribution in [3.8, 4) is 0 Å². The summed E-state index contributed by atoms with van der Waals surface area (Å²) in [5.41, 5.74) is 3.55. The number of benzene rings is 1. The Labute approximate surface area is 135 Å². The van der Waals surface area contributed by atoms with Crippen molar-refractivity contribution in [2.45, 2.75) is 13.0 Å². The molecule has 2 N–H and O–H groups in total. The Morgan fingerprint density at radius 2 is 2.04 bits per heavy atom. The van der Waals surface area contributed by atoms with Gasteiger partial charge in [-0.2, -0.15) is 0 Å². The Hall–Kier alpha value is -2.69. The molecule has 2 aliphatic rings. The van der Waals surface area contributed by atoms with E-state index in [4.69, 9.17) is 9.84 Å². The number of hydrogen-bond acceptors (Lipinski definition) is 3. The largest absolute Gasteiger partial charge is 0.474 e. The summed E-state index contributed by atoms with van der Waals surface area (Å²) in [6, 6.07) is 10.0. The Balaban J connectivity index is 1.57. The molecule has 23 heavy (non-hydrogen) atoms. The lowest BCUT2D eigenvalue weighted by atomic mass is 9.98. The van der Waals surface area contributed by atoms with Crippen LogP contribution < -0.4 is 5.32 Å². The molecule has 0 spiro atoms. The minimum absolute atomic E-state index is 0.461. The summed E-state index contributed by atoms with van der Waals surface area (Å²) in [4.78, 5) is 12.3. The van der Waals surface area contributed by atoms with Crippen molar-refractivity contribution in [1.29, 1.82) is 0 Å². The second-order valence-corrected chi connectivity index (χ2v) is 5.56. The van der Waals surface area contributed by atoms with Crippen LogP contribution in [0.25, 0.3) is 0 Å². The molecule has 5 heteroatoms. The van der Waals surface area contributed by atoms with Crippen LogP contribution in [-0.2, 0) is 11.3 Å². The second kappa shape index (κ2) is 7.05. The minimum Gasteiger partial charge on any atom is -0.474 e. The van der Waals surface area contributed by atoms with E-state index in [-0.39, 0.29) is 0 Å². The fourth-order valence-electron chi connectivity index (χ4n) is 2.67. The van der Waals surface area contributed by atoms with Crippen LogP contribution in [0.15, 0.2) is 65.6 Å². The second-order valence-electron chi connectivity index (χ2n) is 5.56. The van der Waals surface area contributed by atoms with Crippen molar-refractivity contribution >= 4 is 6.09 Å². The van der Waals surface area contributed by atoms with Gasteiger partial charge in [-0.25, -0.2) is 4.79 Å². The van der Waals surface area contributed by atoms with E-state index in [0.29, 0.717) is 26.2 Å². The molecular formula is C18H20N2O3. The number of allylic oxidation sites excluding steroid dienone is 2. The van der Waals surface area contributed by atoms with Gasteiger partial charge in [-0.3, -0.25) is 0 Å². The highest BCUT2D eigenvalue weighted by atomic mass is 16.5. The van der Waals surface area contributed by atoms with Gasteiger partial charge in [0.2, 0.25) is 0 Å².